The van der Waals surface area contributed by atoms with Gasteiger partial charge in [0, 0.05) is 17.5 Å². The van der Waals surface area contributed by atoms with Crippen molar-refractivity contribution in [3.05, 3.63) is 39.4 Å². The van der Waals surface area contributed by atoms with Crippen LogP contribution in [0.25, 0.3) is 6.08 Å². The molecule has 0 aliphatic rings. The van der Waals surface area contributed by atoms with E-state index in [1.165, 1.54) is 6.07 Å². The van der Waals surface area contributed by atoms with E-state index in [1.54, 1.807) is 0 Å². The Kier molecular flexibility index (Phi) is 4.05. The van der Waals surface area contributed by atoms with E-state index in [0.29, 0.717) is 0 Å². The molecule has 0 saturated heterocycles. The van der Waals surface area contributed by atoms with Crippen molar-refractivity contribution >= 4 is 12.8 Å². The second kappa shape index (κ2) is 5.13. The number of aromatic amines is 1. The molecule has 1 aromatic rings. The number of aryl methyl sites for hydroxylation is 1. The van der Waals surface area contributed by atoms with Crippen LogP contribution in [0.1, 0.15) is 38.4 Å². The van der Waals surface area contributed by atoms with Gasteiger partial charge in [-0.1, -0.05) is 26.8 Å². The molecule has 1 aromatic heterocycles. The smallest absolute Gasteiger partial charge is 0.248 e. The monoisotopic (exact) mass is 232 g/mol. The second-order valence-corrected chi connectivity index (χ2v) is 5.45. The fraction of sp³-hybridized carbons (Fsp3) is 0.429. The number of H-pyrrole nitrogens is 1. The number of nitrogens with one attached hydrogen (secondary N) is 1. The first kappa shape index (κ1) is 13.4. The number of aliphatic imine (C=N–C) groups is 1. The Balaban J connectivity index is 3.10. The van der Waals surface area contributed by atoms with Crippen molar-refractivity contribution in [1.29, 1.82) is 0 Å². The minimum absolute atomic E-state index is 0.0963. The average Bonchev–Trinajstić information content (AvgIpc) is 2.20. The predicted molar refractivity (Wildman–Crippen MR) is 73.4 cm³/mol. The standard InChI is InChI=1S/C14H20N2O/c1-10-6-7-13(17)16-12(10)8-11(15-5)9-14(2,3)4/h6-8H,5,9H2,1-4H3,(H,16,17)/b11-8-. The third kappa shape index (κ3) is 4.39. The van der Waals surface area contributed by atoms with E-state index in [2.05, 4.69) is 37.5 Å². The van der Waals surface area contributed by atoms with Gasteiger partial charge in [0.05, 0.1) is 0 Å². The lowest BCUT2D eigenvalue weighted by Gasteiger charge is -2.18. The van der Waals surface area contributed by atoms with E-state index in [1.807, 2.05) is 19.1 Å². The van der Waals surface area contributed by atoms with Crippen molar-refractivity contribution in [3.63, 3.8) is 0 Å². The van der Waals surface area contributed by atoms with Crippen LogP contribution in [0.3, 0.4) is 0 Å². The number of nitrogens with zero attached hydrogens (tertiary/aromatic N) is 1. The number of pyridine rings is 1. The topological polar surface area (TPSA) is 45.2 Å². The fourth-order valence-corrected chi connectivity index (χ4v) is 1.58. The van der Waals surface area contributed by atoms with Gasteiger partial charge < -0.3 is 4.98 Å². The summed E-state index contributed by atoms with van der Waals surface area (Å²) in [6.07, 6.45) is 2.72. The van der Waals surface area contributed by atoms with Crippen molar-refractivity contribution in [2.24, 2.45) is 10.4 Å². The van der Waals surface area contributed by atoms with Gasteiger partial charge in [-0.15, -0.1) is 0 Å². The molecule has 0 aromatic carbocycles. The SMILES string of the molecule is C=N/C(=C\c1[nH]c(=O)ccc1C)CC(C)(C)C. The summed E-state index contributed by atoms with van der Waals surface area (Å²) in [7, 11) is 0. The first-order chi connectivity index (χ1) is 7.81. The third-order valence-electron chi connectivity index (χ3n) is 2.39. The summed E-state index contributed by atoms with van der Waals surface area (Å²) in [6.45, 7) is 12.0. The van der Waals surface area contributed by atoms with Crippen LogP contribution in [0.15, 0.2) is 27.6 Å². The van der Waals surface area contributed by atoms with Crippen molar-refractivity contribution in [2.45, 2.75) is 34.1 Å². The summed E-state index contributed by atoms with van der Waals surface area (Å²) >= 11 is 0. The Morgan fingerprint density at radius 2 is 2.12 bits per heavy atom. The van der Waals surface area contributed by atoms with Crippen LogP contribution in [0.5, 0.6) is 0 Å². The zero-order valence-corrected chi connectivity index (χ0v) is 11.0. The Hall–Kier alpha value is -1.64. The lowest BCUT2D eigenvalue weighted by molar-refractivity contribution is 0.409. The first-order valence-corrected chi connectivity index (χ1v) is 5.69. The molecule has 17 heavy (non-hydrogen) atoms. The number of hydrogen-bond donors (Lipinski definition) is 1. The van der Waals surface area contributed by atoms with E-state index in [-0.39, 0.29) is 11.0 Å². The van der Waals surface area contributed by atoms with Crippen molar-refractivity contribution < 1.29 is 0 Å². The third-order valence-corrected chi connectivity index (χ3v) is 2.39. The van der Waals surface area contributed by atoms with Gasteiger partial charge >= 0.3 is 0 Å². The van der Waals surface area contributed by atoms with E-state index < -0.39 is 0 Å². The van der Waals surface area contributed by atoms with Crippen molar-refractivity contribution in [2.75, 3.05) is 0 Å². The molecule has 3 nitrogen and oxygen atoms in total. The Morgan fingerprint density at radius 1 is 1.47 bits per heavy atom. The molecule has 0 unspecified atom stereocenters. The maximum Gasteiger partial charge on any atom is 0.248 e. The molecule has 1 N–H and O–H groups in total. The normalized spacial score (nSPS) is 12.6. The van der Waals surface area contributed by atoms with Crippen LogP contribution in [-0.2, 0) is 0 Å². The van der Waals surface area contributed by atoms with Crippen LogP contribution < -0.4 is 5.56 Å². The van der Waals surface area contributed by atoms with E-state index in [4.69, 9.17) is 0 Å². The summed E-state index contributed by atoms with van der Waals surface area (Å²) in [5, 5.41) is 0. The highest BCUT2D eigenvalue weighted by molar-refractivity contribution is 5.53. The van der Waals surface area contributed by atoms with Crippen LogP contribution in [0, 0.1) is 12.3 Å². The maximum absolute atomic E-state index is 11.3. The second-order valence-electron chi connectivity index (χ2n) is 5.45. The highest BCUT2D eigenvalue weighted by Gasteiger charge is 2.12. The number of hydrogen-bond acceptors (Lipinski definition) is 2. The lowest BCUT2D eigenvalue weighted by atomic mass is 9.90. The lowest BCUT2D eigenvalue weighted by Crippen LogP contribution is -2.08. The molecule has 0 atom stereocenters. The average molecular weight is 232 g/mol. The van der Waals surface area contributed by atoms with Crippen LogP contribution in [-0.4, -0.2) is 11.7 Å². The number of allylic oxidation sites excluding steroid dienone is 1. The number of rotatable bonds is 3. The van der Waals surface area contributed by atoms with Crippen LogP contribution in [0.4, 0.5) is 0 Å². The molecular weight excluding hydrogens is 212 g/mol. The molecule has 0 saturated carbocycles. The van der Waals surface area contributed by atoms with Crippen molar-refractivity contribution in [3.8, 4) is 0 Å². The Morgan fingerprint density at radius 3 is 2.65 bits per heavy atom. The molecule has 0 fully saturated rings. The molecule has 0 bridgehead atoms. The zero-order chi connectivity index (χ0) is 13.1. The predicted octanol–water partition coefficient (Wildman–Crippen LogP) is 3.16. The molecule has 0 radical (unpaired) electrons. The van der Waals surface area contributed by atoms with Crippen LogP contribution >= 0.6 is 0 Å². The van der Waals surface area contributed by atoms with Gasteiger partial charge in [0.1, 0.15) is 0 Å². The van der Waals surface area contributed by atoms with Crippen LogP contribution in [0.2, 0.25) is 0 Å². The summed E-state index contributed by atoms with van der Waals surface area (Å²) in [5.74, 6) is 0. The quantitative estimate of drug-likeness (QED) is 0.799. The van der Waals surface area contributed by atoms with Crippen molar-refractivity contribution in [1.82, 2.24) is 4.98 Å². The van der Waals surface area contributed by atoms with E-state index in [0.717, 1.165) is 23.4 Å². The van der Waals surface area contributed by atoms with Gasteiger partial charge in [0.25, 0.3) is 0 Å². The summed E-state index contributed by atoms with van der Waals surface area (Å²) in [4.78, 5) is 18.1. The van der Waals surface area contributed by atoms with E-state index in [9.17, 15) is 4.79 Å². The zero-order valence-electron chi connectivity index (χ0n) is 11.0. The molecule has 1 heterocycles. The maximum atomic E-state index is 11.3. The number of aromatic nitrogens is 1. The van der Waals surface area contributed by atoms with Gasteiger partial charge in [-0.05, 0) is 37.1 Å². The highest BCUT2D eigenvalue weighted by atomic mass is 16.1. The fourth-order valence-electron chi connectivity index (χ4n) is 1.58. The molecule has 3 heteroatoms. The minimum Gasteiger partial charge on any atom is -0.322 e. The molecule has 0 aliphatic heterocycles. The summed E-state index contributed by atoms with van der Waals surface area (Å²) in [5.41, 5.74) is 2.78. The molecule has 92 valence electrons. The Bertz CT molecular complexity index is 490. The molecule has 0 amide bonds. The Labute approximate surface area is 102 Å². The highest BCUT2D eigenvalue weighted by Crippen LogP contribution is 2.25. The largest absolute Gasteiger partial charge is 0.322 e. The summed E-state index contributed by atoms with van der Waals surface area (Å²) in [6, 6.07) is 3.33. The molecular formula is C14H20N2O. The van der Waals surface area contributed by atoms with Gasteiger partial charge in [-0.3, -0.25) is 9.79 Å². The summed E-state index contributed by atoms with van der Waals surface area (Å²) < 4.78 is 0. The minimum atomic E-state index is -0.0963. The van der Waals surface area contributed by atoms with Gasteiger partial charge in [-0.2, -0.15) is 0 Å². The molecule has 1 rings (SSSR count). The van der Waals surface area contributed by atoms with Gasteiger partial charge in [-0.25, -0.2) is 0 Å². The molecule has 0 spiro atoms. The molecule has 0 aliphatic carbocycles. The van der Waals surface area contributed by atoms with Gasteiger partial charge in [0.15, 0.2) is 0 Å². The first-order valence-electron chi connectivity index (χ1n) is 5.69. The van der Waals surface area contributed by atoms with E-state index >= 15 is 0 Å². The van der Waals surface area contributed by atoms with Gasteiger partial charge in [0.2, 0.25) is 5.56 Å².